The molecule has 4 heteroatoms. The van der Waals surface area contributed by atoms with Crippen molar-refractivity contribution in [2.24, 2.45) is 0 Å². The van der Waals surface area contributed by atoms with Crippen LogP contribution in [0.1, 0.15) is 5.56 Å². The Morgan fingerprint density at radius 1 is 1.25 bits per heavy atom. The van der Waals surface area contributed by atoms with Gasteiger partial charge in [0.15, 0.2) is 0 Å². The van der Waals surface area contributed by atoms with E-state index in [9.17, 15) is 0 Å². The molecular formula is C12H11BrN2O. The SMILES string of the molecule is Nc1cncc(OCc2ccccc2Br)c1. The second-order valence-corrected chi connectivity index (χ2v) is 4.19. The van der Waals surface area contributed by atoms with Gasteiger partial charge in [-0.1, -0.05) is 34.1 Å². The predicted octanol–water partition coefficient (Wildman–Crippen LogP) is 3.01. The van der Waals surface area contributed by atoms with Gasteiger partial charge >= 0.3 is 0 Å². The Morgan fingerprint density at radius 2 is 2.06 bits per heavy atom. The number of nitrogens with zero attached hydrogens (tertiary/aromatic N) is 1. The van der Waals surface area contributed by atoms with E-state index in [2.05, 4.69) is 20.9 Å². The van der Waals surface area contributed by atoms with Crippen molar-refractivity contribution in [3.8, 4) is 5.75 Å². The van der Waals surface area contributed by atoms with E-state index in [1.165, 1.54) is 0 Å². The maximum Gasteiger partial charge on any atom is 0.140 e. The van der Waals surface area contributed by atoms with Crippen LogP contribution < -0.4 is 10.5 Å². The van der Waals surface area contributed by atoms with Crippen LogP contribution in [0.15, 0.2) is 47.2 Å². The standard InChI is InChI=1S/C12H11BrN2O/c13-12-4-2-1-3-9(12)8-16-11-5-10(14)6-15-7-11/h1-7H,8,14H2. The molecular weight excluding hydrogens is 268 g/mol. The van der Waals surface area contributed by atoms with E-state index in [-0.39, 0.29) is 0 Å². The lowest BCUT2D eigenvalue weighted by Crippen LogP contribution is -1.97. The van der Waals surface area contributed by atoms with E-state index >= 15 is 0 Å². The molecule has 2 N–H and O–H groups in total. The Hall–Kier alpha value is -1.55. The average molecular weight is 279 g/mol. The van der Waals surface area contributed by atoms with Crippen LogP contribution >= 0.6 is 15.9 Å². The van der Waals surface area contributed by atoms with Gasteiger partial charge in [-0.25, -0.2) is 0 Å². The van der Waals surface area contributed by atoms with Gasteiger partial charge < -0.3 is 10.5 Å². The van der Waals surface area contributed by atoms with Gasteiger partial charge in [0.2, 0.25) is 0 Å². The minimum absolute atomic E-state index is 0.493. The first-order valence-electron chi connectivity index (χ1n) is 4.82. The van der Waals surface area contributed by atoms with Crippen molar-refractivity contribution in [3.63, 3.8) is 0 Å². The van der Waals surface area contributed by atoms with Gasteiger partial charge in [-0.05, 0) is 6.07 Å². The highest BCUT2D eigenvalue weighted by molar-refractivity contribution is 9.10. The third-order valence-electron chi connectivity index (χ3n) is 2.09. The highest BCUT2D eigenvalue weighted by atomic mass is 79.9. The lowest BCUT2D eigenvalue weighted by molar-refractivity contribution is 0.304. The molecule has 0 bridgehead atoms. The molecule has 0 aliphatic carbocycles. The molecule has 16 heavy (non-hydrogen) atoms. The smallest absolute Gasteiger partial charge is 0.140 e. The number of hydrogen-bond donors (Lipinski definition) is 1. The van der Waals surface area contributed by atoms with Crippen molar-refractivity contribution in [1.82, 2.24) is 4.98 Å². The molecule has 0 aliphatic heterocycles. The molecule has 0 unspecified atom stereocenters. The zero-order valence-electron chi connectivity index (χ0n) is 8.56. The first kappa shape index (κ1) is 11.0. The minimum atomic E-state index is 0.493. The first-order valence-corrected chi connectivity index (χ1v) is 5.62. The van der Waals surface area contributed by atoms with Crippen LogP contribution in [0.2, 0.25) is 0 Å². The zero-order chi connectivity index (χ0) is 11.4. The maximum absolute atomic E-state index is 5.61. The third-order valence-corrected chi connectivity index (χ3v) is 2.86. The van der Waals surface area contributed by atoms with Gasteiger partial charge in [-0.2, -0.15) is 0 Å². The van der Waals surface area contributed by atoms with Crippen LogP contribution in [0, 0.1) is 0 Å². The number of nitrogen functional groups attached to an aromatic ring is 1. The number of nitrogens with two attached hydrogens (primary N) is 1. The Morgan fingerprint density at radius 3 is 2.81 bits per heavy atom. The fourth-order valence-corrected chi connectivity index (χ4v) is 1.69. The highest BCUT2D eigenvalue weighted by Gasteiger charge is 2.00. The Balaban J connectivity index is 2.05. The number of anilines is 1. The Labute approximate surface area is 102 Å². The van der Waals surface area contributed by atoms with Crippen LogP contribution in [0.25, 0.3) is 0 Å². The summed E-state index contributed by atoms with van der Waals surface area (Å²) in [6.07, 6.45) is 3.23. The van der Waals surface area contributed by atoms with Gasteiger partial charge in [0.25, 0.3) is 0 Å². The van der Waals surface area contributed by atoms with Crippen LogP contribution in [0.4, 0.5) is 5.69 Å². The monoisotopic (exact) mass is 278 g/mol. The normalized spacial score (nSPS) is 10.1. The number of halogens is 1. The summed E-state index contributed by atoms with van der Waals surface area (Å²) in [6.45, 7) is 0.493. The van der Waals surface area contributed by atoms with E-state index in [1.807, 2.05) is 24.3 Å². The number of benzene rings is 1. The summed E-state index contributed by atoms with van der Waals surface area (Å²) in [5.74, 6) is 0.677. The number of ether oxygens (including phenoxy) is 1. The van der Waals surface area contributed by atoms with Crippen LogP contribution in [-0.2, 0) is 6.61 Å². The number of aromatic nitrogens is 1. The molecule has 0 saturated heterocycles. The molecule has 0 spiro atoms. The minimum Gasteiger partial charge on any atom is -0.487 e. The number of rotatable bonds is 3. The lowest BCUT2D eigenvalue weighted by atomic mass is 10.2. The summed E-state index contributed by atoms with van der Waals surface area (Å²) in [5.41, 5.74) is 7.30. The van der Waals surface area contributed by atoms with Crippen molar-refractivity contribution in [1.29, 1.82) is 0 Å². The molecule has 1 aromatic carbocycles. The van der Waals surface area contributed by atoms with Crippen LogP contribution in [0.3, 0.4) is 0 Å². The molecule has 0 saturated carbocycles. The fraction of sp³-hybridized carbons (Fsp3) is 0.0833. The van der Waals surface area contributed by atoms with Gasteiger partial charge in [-0.15, -0.1) is 0 Å². The maximum atomic E-state index is 5.61. The molecule has 0 fully saturated rings. The first-order chi connectivity index (χ1) is 7.75. The topological polar surface area (TPSA) is 48.1 Å². The Kier molecular flexibility index (Phi) is 3.41. The molecule has 0 atom stereocenters. The van der Waals surface area contributed by atoms with Crippen LogP contribution in [-0.4, -0.2) is 4.98 Å². The molecule has 1 aromatic heterocycles. The van der Waals surface area contributed by atoms with E-state index in [0.29, 0.717) is 18.0 Å². The van der Waals surface area contributed by atoms with Gasteiger partial charge in [0.1, 0.15) is 12.4 Å². The van der Waals surface area contributed by atoms with E-state index in [0.717, 1.165) is 10.0 Å². The highest BCUT2D eigenvalue weighted by Crippen LogP contribution is 2.19. The van der Waals surface area contributed by atoms with Crippen molar-refractivity contribution in [2.75, 3.05) is 5.73 Å². The summed E-state index contributed by atoms with van der Waals surface area (Å²) in [4.78, 5) is 3.96. The summed E-state index contributed by atoms with van der Waals surface area (Å²) in [6, 6.07) is 9.68. The molecule has 1 heterocycles. The van der Waals surface area contributed by atoms with E-state index in [4.69, 9.17) is 10.5 Å². The molecule has 0 radical (unpaired) electrons. The lowest BCUT2D eigenvalue weighted by Gasteiger charge is -2.07. The summed E-state index contributed by atoms with van der Waals surface area (Å²) < 4.78 is 6.62. The second kappa shape index (κ2) is 4.99. The molecule has 3 nitrogen and oxygen atoms in total. The Bertz CT molecular complexity index is 488. The third kappa shape index (κ3) is 2.73. The van der Waals surface area contributed by atoms with Crippen molar-refractivity contribution < 1.29 is 4.74 Å². The molecule has 2 aromatic rings. The summed E-state index contributed by atoms with van der Waals surface area (Å²) in [7, 11) is 0. The summed E-state index contributed by atoms with van der Waals surface area (Å²) >= 11 is 3.46. The van der Waals surface area contributed by atoms with Crippen molar-refractivity contribution in [3.05, 3.63) is 52.8 Å². The quantitative estimate of drug-likeness (QED) is 0.939. The molecule has 0 amide bonds. The molecule has 82 valence electrons. The van der Waals surface area contributed by atoms with Gasteiger partial charge in [0.05, 0.1) is 18.1 Å². The summed E-state index contributed by atoms with van der Waals surface area (Å²) in [5, 5.41) is 0. The molecule has 0 aliphatic rings. The van der Waals surface area contributed by atoms with Crippen molar-refractivity contribution in [2.45, 2.75) is 6.61 Å². The van der Waals surface area contributed by atoms with Crippen molar-refractivity contribution >= 4 is 21.6 Å². The average Bonchev–Trinajstić information content (AvgIpc) is 2.28. The van der Waals surface area contributed by atoms with Gasteiger partial charge in [0, 0.05) is 16.1 Å². The molecule has 2 rings (SSSR count). The predicted molar refractivity (Wildman–Crippen MR) is 67.1 cm³/mol. The van der Waals surface area contributed by atoms with E-state index in [1.54, 1.807) is 18.5 Å². The van der Waals surface area contributed by atoms with E-state index < -0.39 is 0 Å². The number of hydrogen-bond acceptors (Lipinski definition) is 3. The number of pyridine rings is 1. The fourth-order valence-electron chi connectivity index (χ4n) is 1.29. The van der Waals surface area contributed by atoms with Gasteiger partial charge in [-0.3, -0.25) is 4.98 Å². The van der Waals surface area contributed by atoms with Crippen LogP contribution in [0.5, 0.6) is 5.75 Å². The second-order valence-electron chi connectivity index (χ2n) is 3.33. The zero-order valence-corrected chi connectivity index (χ0v) is 10.1. The largest absolute Gasteiger partial charge is 0.487 e.